The van der Waals surface area contributed by atoms with Crippen LogP contribution in [0, 0.1) is 0 Å². The molecule has 1 N–H and O–H groups in total. The minimum absolute atomic E-state index is 0.0198. The maximum atomic E-state index is 8.59. The fraction of sp³-hybridized carbons (Fsp3) is 1.00. The van der Waals surface area contributed by atoms with Gasteiger partial charge in [0.05, 0.1) is 82.0 Å². The Labute approximate surface area is 238 Å². The summed E-state index contributed by atoms with van der Waals surface area (Å²) < 4.78 is 225. The van der Waals surface area contributed by atoms with Gasteiger partial charge in [0.15, 0.2) is 0 Å². The van der Waals surface area contributed by atoms with Gasteiger partial charge >= 0.3 is 0 Å². The molecule has 0 aliphatic rings. The second-order valence-corrected chi connectivity index (χ2v) is 5.48. The standard InChI is InChI=1S/C24H49BrO7/c25-11-9-7-5-3-1-2-4-6-8-10-13-27-15-17-29-19-21-31-23-24-32-22-20-30-18-16-28-14-12-26/h26H,1-24H2/i1D2,2D2,3D2,4D2,5D2,6D2,7D2,8D2,9D2,10D2,11D2,13D2. The molecule has 0 aliphatic heterocycles. The zero-order valence-electron chi connectivity index (χ0n) is 41.8. The van der Waals surface area contributed by atoms with E-state index in [9.17, 15) is 0 Å². The fourth-order valence-corrected chi connectivity index (χ4v) is 1.63. The number of alkyl halides is 1. The van der Waals surface area contributed by atoms with E-state index < -0.39 is 88.8 Å². The van der Waals surface area contributed by atoms with Crippen LogP contribution in [0.25, 0.3) is 0 Å². The molecular formula is C24H49BrO7. The van der Waals surface area contributed by atoms with Gasteiger partial charge in [-0.3, -0.25) is 0 Å². The van der Waals surface area contributed by atoms with Crippen molar-refractivity contribution in [1.82, 2.24) is 0 Å². The van der Waals surface area contributed by atoms with Gasteiger partial charge in [0.25, 0.3) is 0 Å². The monoisotopic (exact) mass is 552 g/mol. The molecular weight excluding hydrogens is 480 g/mol. The summed E-state index contributed by atoms with van der Waals surface area (Å²) in [5, 5.41) is 5.13. The van der Waals surface area contributed by atoms with Gasteiger partial charge in [-0.25, -0.2) is 0 Å². The number of ether oxygens (including phenoxy) is 6. The molecule has 0 aliphatic carbocycles. The Morgan fingerprint density at radius 2 is 0.750 bits per heavy atom. The van der Waals surface area contributed by atoms with Gasteiger partial charge in [0.1, 0.15) is 0 Å². The lowest BCUT2D eigenvalue weighted by Crippen LogP contribution is -2.14. The molecule has 0 fully saturated rings. The highest BCUT2D eigenvalue weighted by molar-refractivity contribution is 9.09. The lowest BCUT2D eigenvalue weighted by Gasteiger charge is -2.08. The smallest absolute Gasteiger partial charge is 0.0701 e. The van der Waals surface area contributed by atoms with E-state index in [1.54, 1.807) is 0 Å². The van der Waals surface area contributed by atoms with Gasteiger partial charge in [-0.1, -0.05) is 66.9 Å². The molecule has 0 radical (unpaired) electrons. The van der Waals surface area contributed by atoms with Crippen molar-refractivity contribution in [3.8, 4) is 0 Å². The molecule has 0 aromatic rings. The van der Waals surface area contributed by atoms with Gasteiger partial charge in [0.2, 0.25) is 0 Å². The largest absolute Gasteiger partial charge is 0.394 e. The Bertz CT molecular complexity index is 1200. The molecule has 0 aromatic heterocycles. The number of aliphatic hydroxyl groups is 1. The molecule has 0 heterocycles. The van der Waals surface area contributed by atoms with Crippen LogP contribution < -0.4 is 0 Å². The molecule has 8 heteroatoms. The maximum Gasteiger partial charge on any atom is 0.0701 e. The number of hydrogen-bond donors (Lipinski definition) is 1. The topological polar surface area (TPSA) is 75.6 Å². The van der Waals surface area contributed by atoms with E-state index in [0.717, 1.165) is 0 Å². The predicted molar refractivity (Wildman–Crippen MR) is 132 cm³/mol. The first kappa shape index (κ1) is 10.3. The summed E-state index contributed by atoms with van der Waals surface area (Å²) in [7, 11) is 0. The van der Waals surface area contributed by atoms with Gasteiger partial charge in [-0.05, 0) is 12.7 Å². The fourth-order valence-electron chi connectivity index (χ4n) is 1.53. The van der Waals surface area contributed by atoms with Gasteiger partial charge in [-0.15, -0.1) is 0 Å². The third-order valence-electron chi connectivity index (χ3n) is 2.79. The summed E-state index contributed by atoms with van der Waals surface area (Å²) in [4.78, 5) is 0. The van der Waals surface area contributed by atoms with Gasteiger partial charge in [-0.2, -0.15) is 0 Å². The quantitative estimate of drug-likeness (QED) is 0.109. The van der Waals surface area contributed by atoms with Crippen LogP contribution in [0.5, 0.6) is 0 Å². The Kier molecular flexibility index (Phi) is 10.0. The van der Waals surface area contributed by atoms with Crippen molar-refractivity contribution in [2.45, 2.75) is 63.7 Å². The van der Waals surface area contributed by atoms with Crippen LogP contribution in [0.4, 0.5) is 0 Å². The molecule has 0 saturated heterocycles. The summed E-state index contributed by atoms with van der Waals surface area (Å²) in [6, 6.07) is 0. The van der Waals surface area contributed by atoms with Crippen LogP contribution in [-0.4, -0.2) is 96.2 Å². The SMILES string of the molecule is [2H]C([2H])(Br)C([2H])([2H])C([2H])([2H])C([2H])([2H])C([2H])([2H])C([2H])([2H])C([2H])([2H])C([2H])([2H])C([2H])([2H])C([2H])([2H])C([2H])([2H])C([2H])([2H])OCCOCCOCCOCCOCCOCCO. The van der Waals surface area contributed by atoms with Crippen molar-refractivity contribution in [2.75, 3.05) is 91.1 Å². The molecule has 0 spiro atoms. The van der Waals surface area contributed by atoms with Crippen molar-refractivity contribution < 1.29 is 66.4 Å². The van der Waals surface area contributed by atoms with Crippen LogP contribution in [0.2, 0.25) is 0 Å². The first-order chi connectivity index (χ1) is 24.8. The van der Waals surface area contributed by atoms with E-state index in [1.807, 2.05) is 0 Å². The maximum absolute atomic E-state index is 8.59. The number of halogens is 1. The van der Waals surface area contributed by atoms with Crippen LogP contribution in [0.1, 0.15) is 96.6 Å². The van der Waals surface area contributed by atoms with Crippen molar-refractivity contribution >= 4 is 15.9 Å². The van der Waals surface area contributed by atoms with E-state index in [1.165, 1.54) is 0 Å². The van der Waals surface area contributed by atoms with Gasteiger partial charge in [0, 0.05) is 42.0 Å². The Morgan fingerprint density at radius 3 is 1.12 bits per heavy atom. The van der Waals surface area contributed by atoms with Crippen molar-refractivity contribution in [2.24, 2.45) is 0 Å². The van der Waals surface area contributed by atoms with Crippen LogP contribution in [-0.2, 0) is 28.4 Å². The third kappa shape index (κ3) is 30.2. The Hall–Kier alpha value is 0.200. The average molecular weight is 554 g/mol. The molecule has 194 valence electrons. The zero-order valence-corrected chi connectivity index (χ0v) is 19.3. The minimum atomic E-state index is -4.82. The molecule has 0 amide bonds. The van der Waals surface area contributed by atoms with E-state index >= 15 is 0 Å². The van der Waals surface area contributed by atoms with E-state index in [4.69, 9.17) is 66.4 Å². The molecule has 0 atom stereocenters. The highest BCUT2D eigenvalue weighted by Crippen LogP contribution is 2.11. The zero-order chi connectivity index (χ0) is 44.7. The molecule has 32 heavy (non-hydrogen) atoms. The van der Waals surface area contributed by atoms with E-state index in [-0.39, 0.29) is 46.2 Å². The van der Waals surface area contributed by atoms with Crippen molar-refractivity contribution in [3.63, 3.8) is 0 Å². The first-order valence-electron chi connectivity index (χ1n) is 21.6. The van der Waals surface area contributed by atoms with Crippen molar-refractivity contribution in [1.29, 1.82) is 0 Å². The Balaban J connectivity index is 5.74. The van der Waals surface area contributed by atoms with Gasteiger partial charge < -0.3 is 33.5 Å². The normalized spacial score (nSPS) is 27.9. The number of aliphatic hydroxyl groups excluding tert-OH is 1. The number of rotatable bonds is 29. The second kappa shape index (κ2) is 31.2. The first-order valence-corrected chi connectivity index (χ1v) is 10.4. The highest BCUT2D eigenvalue weighted by atomic mass is 79.9. The number of hydrogen-bond acceptors (Lipinski definition) is 7. The predicted octanol–water partition coefficient (Wildman–Crippen LogP) is 4.37. The lowest BCUT2D eigenvalue weighted by atomic mass is 10.1. The van der Waals surface area contributed by atoms with Crippen LogP contribution in [0.3, 0.4) is 0 Å². The van der Waals surface area contributed by atoms with Crippen LogP contribution in [0.15, 0.2) is 0 Å². The summed E-state index contributed by atoms with van der Waals surface area (Å²) in [5.74, 6) is 0. The Morgan fingerprint density at radius 1 is 0.438 bits per heavy atom. The summed E-state index contributed by atoms with van der Waals surface area (Å²) in [6.07, 6.45) is -45.7. The molecule has 0 saturated carbocycles. The second-order valence-electron chi connectivity index (χ2n) is 5.08. The third-order valence-corrected chi connectivity index (χ3v) is 2.98. The lowest BCUT2D eigenvalue weighted by molar-refractivity contribution is -0.0182. The average Bonchev–Trinajstić information content (AvgIpc) is 3.04. The molecule has 0 rings (SSSR count). The van der Waals surface area contributed by atoms with E-state index in [2.05, 4.69) is 15.9 Å². The minimum Gasteiger partial charge on any atom is -0.394 e. The highest BCUT2D eigenvalue weighted by Gasteiger charge is 1.96. The molecule has 0 bridgehead atoms. The summed E-state index contributed by atoms with van der Waals surface area (Å²) in [5.41, 5.74) is 0. The molecule has 0 unspecified atom stereocenters. The summed E-state index contributed by atoms with van der Waals surface area (Å²) in [6.45, 7) is -3.46. The molecule has 7 nitrogen and oxygen atoms in total. The van der Waals surface area contributed by atoms with Crippen molar-refractivity contribution in [3.05, 3.63) is 0 Å². The van der Waals surface area contributed by atoms with Crippen LogP contribution >= 0.6 is 15.9 Å². The molecule has 0 aromatic carbocycles. The summed E-state index contributed by atoms with van der Waals surface area (Å²) >= 11 is 2.16. The van der Waals surface area contributed by atoms with E-state index in [0.29, 0.717) is 19.8 Å².